The van der Waals surface area contributed by atoms with Gasteiger partial charge in [0.1, 0.15) is 0 Å². The summed E-state index contributed by atoms with van der Waals surface area (Å²) in [6.07, 6.45) is 5.47. The van der Waals surface area contributed by atoms with E-state index < -0.39 is 0 Å². The number of nitrogens with two attached hydrogens (primary N) is 1. The van der Waals surface area contributed by atoms with Crippen LogP contribution in [0.1, 0.15) is 13.8 Å². The minimum atomic E-state index is 0.614. The van der Waals surface area contributed by atoms with E-state index in [4.69, 9.17) is 5.73 Å². The Morgan fingerprint density at radius 2 is 1.24 bits per heavy atom. The molecule has 0 saturated carbocycles. The average Bonchev–Trinajstić information content (AvgIpc) is 2.24. The molecule has 0 aromatic carbocycles. The van der Waals surface area contributed by atoms with Gasteiger partial charge in [-0.1, -0.05) is 50.6 Å². The molecule has 0 aromatic heterocycles. The fraction of sp³-hybridized carbons (Fsp3) is 0.125. The van der Waals surface area contributed by atoms with Gasteiger partial charge in [-0.15, -0.1) is 0 Å². The molecule has 0 spiro atoms. The highest BCUT2D eigenvalue weighted by Gasteiger charge is 1.96. The zero-order valence-corrected chi connectivity index (χ0v) is 10.8. The van der Waals surface area contributed by atoms with Gasteiger partial charge < -0.3 is 5.73 Å². The van der Waals surface area contributed by atoms with Gasteiger partial charge in [0.2, 0.25) is 0 Å². The van der Waals surface area contributed by atoms with E-state index >= 15 is 0 Å². The Balaban J connectivity index is 4.70. The molecule has 0 unspecified atom stereocenters. The number of rotatable bonds is 6. The van der Waals surface area contributed by atoms with Crippen molar-refractivity contribution in [1.82, 2.24) is 0 Å². The first-order valence-corrected chi connectivity index (χ1v) is 5.29. The van der Waals surface area contributed by atoms with Crippen molar-refractivity contribution in [2.75, 3.05) is 0 Å². The summed E-state index contributed by atoms with van der Waals surface area (Å²) in [7, 11) is 0. The van der Waals surface area contributed by atoms with Gasteiger partial charge in [0.05, 0.1) is 0 Å². The average molecular weight is 227 g/mol. The molecule has 0 rings (SSSR count). The lowest BCUT2D eigenvalue weighted by atomic mass is 10.0. The highest BCUT2D eigenvalue weighted by Crippen LogP contribution is 2.14. The summed E-state index contributed by atoms with van der Waals surface area (Å²) in [6.45, 7) is 23.0. The van der Waals surface area contributed by atoms with Crippen LogP contribution >= 0.6 is 0 Å². The summed E-state index contributed by atoms with van der Waals surface area (Å²) in [5, 5.41) is 0. The molecule has 0 fully saturated rings. The van der Waals surface area contributed by atoms with Crippen LogP contribution in [0.3, 0.4) is 0 Å². The lowest BCUT2D eigenvalue weighted by molar-refractivity contribution is 1.29. The third-order valence-electron chi connectivity index (χ3n) is 2.27. The van der Waals surface area contributed by atoms with Crippen LogP contribution in [0, 0.1) is 0 Å². The van der Waals surface area contributed by atoms with E-state index in [2.05, 4.69) is 32.9 Å². The van der Waals surface area contributed by atoms with Crippen molar-refractivity contribution in [3.8, 4) is 0 Å². The molecular formula is C16H21N. The Kier molecular flexibility index (Phi) is 5.76. The van der Waals surface area contributed by atoms with Crippen LogP contribution in [0.5, 0.6) is 0 Å². The van der Waals surface area contributed by atoms with E-state index in [1.54, 1.807) is 6.08 Å². The second-order valence-electron chi connectivity index (χ2n) is 4.07. The molecule has 0 radical (unpaired) electrons. The summed E-state index contributed by atoms with van der Waals surface area (Å²) < 4.78 is 0. The van der Waals surface area contributed by atoms with Crippen molar-refractivity contribution in [3.05, 3.63) is 84.7 Å². The number of hydrogen-bond acceptors (Lipinski definition) is 1. The minimum absolute atomic E-state index is 0.614. The predicted molar refractivity (Wildman–Crippen MR) is 78.5 cm³/mol. The van der Waals surface area contributed by atoms with Crippen LogP contribution in [0.25, 0.3) is 0 Å². The molecule has 90 valence electrons. The van der Waals surface area contributed by atoms with Crippen LogP contribution in [-0.2, 0) is 0 Å². The van der Waals surface area contributed by atoms with Crippen LogP contribution in [0.15, 0.2) is 84.7 Å². The lowest BCUT2D eigenvalue weighted by Gasteiger charge is -2.03. The molecule has 0 aromatic rings. The quantitative estimate of drug-likeness (QED) is 0.676. The Hall–Kier alpha value is -2.02. The van der Waals surface area contributed by atoms with Crippen molar-refractivity contribution < 1.29 is 0 Å². The standard InChI is InChI=1S/C16H21N/c1-11(2)13(5)8-9-14(6)15(7)10-16(17)12(3)4/h8-10H,1,3,5-7,17H2,2,4H3/b9-8-,16-10+. The van der Waals surface area contributed by atoms with Crippen molar-refractivity contribution in [1.29, 1.82) is 0 Å². The second-order valence-corrected chi connectivity index (χ2v) is 4.07. The van der Waals surface area contributed by atoms with Crippen LogP contribution in [-0.4, -0.2) is 0 Å². The molecule has 0 aliphatic carbocycles. The Morgan fingerprint density at radius 3 is 1.65 bits per heavy atom. The van der Waals surface area contributed by atoms with E-state index in [-0.39, 0.29) is 0 Å². The van der Waals surface area contributed by atoms with Gasteiger partial charge in [0.25, 0.3) is 0 Å². The van der Waals surface area contributed by atoms with Crippen molar-refractivity contribution >= 4 is 0 Å². The molecule has 1 heteroatoms. The molecule has 0 atom stereocenters. The summed E-state index contributed by atoms with van der Waals surface area (Å²) in [6, 6.07) is 0. The molecule has 2 N–H and O–H groups in total. The first-order valence-electron chi connectivity index (χ1n) is 5.29. The van der Waals surface area contributed by atoms with E-state index in [0.29, 0.717) is 5.70 Å². The fourth-order valence-corrected chi connectivity index (χ4v) is 0.854. The normalized spacial score (nSPS) is 11.3. The monoisotopic (exact) mass is 227 g/mol. The highest BCUT2D eigenvalue weighted by molar-refractivity contribution is 5.48. The molecule has 0 aliphatic heterocycles. The first kappa shape index (κ1) is 15.0. The van der Waals surface area contributed by atoms with Crippen molar-refractivity contribution in [2.45, 2.75) is 13.8 Å². The fourth-order valence-electron chi connectivity index (χ4n) is 0.854. The van der Waals surface area contributed by atoms with Gasteiger partial charge in [-0.2, -0.15) is 0 Å². The number of hydrogen-bond donors (Lipinski definition) is 1. The van der Waals surface area contributed by atoms with E-state index in [0.717, 1.165) is 27.9 Å². The summed E-state index contributed by atoms with van der Waals surface area (Å²) >= 11 is 0. The second kappa shape index (κ2) is 6.54. The van der Waals surface area contributed by atoms with Gasteiger partial charge in [-0.3, -0.25) is 0 Å². The highest BCUT2D eigenvalue weighted by atomic mass is 14.6. The maximum absolute atomic E-state index is 5.76. The van der Waals surface area contributed by atoms with Crippen molar-refractivity contribution in [2.24, 2.45) is 5.73 Å². The largest absolute Gasteiger partial charge is 0.399 e. The van der Waals surface area contributed by atoms with Gasteiger partial charge in [0, 0.05) is 5.70 Å². The Morgan fingerprint density at radius 1 is 0.765 bits per heavy atom. The third kappa shape index (κ3) is 5.57. The maximum atomic E-state index is 5.76. The van der Waals surface area contributed by atoms with Crippen LogP contribution < -0.4 is 5.73 Å². The topological polar surface area (TPSA) is 26.0 Å². The first-order chi connectivity index (χ1) is 7.75. The predicted octanol–water partition coefficient (Wildman–Crippen LogP) is 4.21. The molecule has 0 bridgehead atoms. The molecule has 1 nitrogen and oxygen atoms in total. The summed E-state index contributed by atoms with van der Waals surface area (Å²) in [4.78, 5) is 0. The molecule has 0 aliphatic rings. The Bertz CT molecular complexity index is 442. The van der Waals surface area contributed by atoms with E-state index in [1.165, 1.54) is 0 Å². The van der Waals surface area contributed by atoms with Gasteiger partial charge in [-0.05, 0) is 42.2 Å². The van der Waals surface area contributed by atoms with Gasteiger partial charge >= 0.3 is 0 Å². The van der Waals surface area contributed by atoms with Crippen LogP contribution in [0.4, 0.5) is 0 Å². The zero-order chi connectivity index (χ0) is 13.6. The third-order valence-corrected chi connectivity index (χ3v) is 2.27. The maximum Gasteiger partial charge on any atom is 0.0343 e. The summed E-state index contributed by atoms with van der Waals surface area (Å²) in [5.41, 5.74) is 10.5. The molecular weight excluding hydrogens is 206 g/mol. The SMILES string of the molecule is C=C(C)C(=C)/C=C\C(=C)C(=C)/C=C(/N)C(=C)C. The molecule has 0 saturated heterocycles. The molecule has 17 heavy (non-hydrogen) atoms. The summed E-state index contributed by atoms with van der Waals surface area (Å²) in [5.74, 6) is 0. The zero-order valence-electron chi connectivity index (χ0n) is 10.8. The van der Waals surface area contributed by atoms with Gasteiger partial charge in [0.15, 0.2) is 0 Å². The van der Waals surface area contributed by atoms with Crippen LogP contribution in [0.2, 0.25) is 0 Å². The van der Waals surface area contributed by atoms with E-state index in [9.17, 15) is 0 Å². The minimum Gasteiger partial charge on any atom is -0.399 e. The number of allylic oxidation sites excluding steroid dienone is 8. The molecule has 0 heterocycles. The van der Waals surface area contributed by atoms with Gasteiger partial charge in [-0.25, -0.2) is 0 Å². The Labute approximate surface area is 105 Å². The molecule has 0 amide bonds. The van der Waals surface area contributed by atoms with E-state index in [1.807, 2.05) is 26.0 Å². The smallest absolute Gasteiger partial charge is 0.0343 e. The van der Waals surface area contributed by atoms with Crippen molar-refractivity contribution in [3.63, 3.8) is 0 Å². The lowest BCUT2D eigenvalue weighted by Crippen LogP contribution is -1.98.